The molecule has 1 aromatic carbocycles. The lowest BCUT2D eigenvalue weighted by atomic mass is 9.87. The molecular weight excluding hydrogens is 388 g/mol. The summed E-state index contributed by atoms with van der Waals surface area (Å²) in [5.74, 6) is 0.288. The molecule has 2 aromatic rings. The minimum atomic E-state index is 0.0498. The van der Waals surface area contributed by atoms with Gasteiger partial charge in [0.1, 0.15) is 0 Å². The maximum absolute atomic E-state index is 12.3. The Bertz CT molecular complexity index is 922. The lowest BCUT2D eigenvalue weighted by Gasteiger charge is -2.19. The fourth-order valence-electron chi connectivity index (χ4n) is 4.16. The number of carbonyl (C=O) groups excluding carboxylic acids is 2. The summed E-state index contributed by atoms with van der Waals surface area (Å²) in [6.07, 6.45) is 3.54. The van der Waals surface area contributed by atoms with Crippen LogP contribution in [0, 0.1) is 13.8 Å². The Morgan fingerprint density at radius 3 is 2.48 bits per heavy atom. The standard InChI is InChI=1S/C25H36N4O2/c1-18-22(13-14-23(30)26-15-7-17-28-16-6-8-24(28)31)19(2)29(27-18)21-11-9-20(10-12-21)25(3,4)5/h9-12H,6-8,13-17H2,1-5H3,(H,26,30). The molecule has 1 N–H and O–H groups in total. The number of aryl methyl sites for hydroxylation is 1. The van der Waals surface area contributed by atoms with E-state index in [-0.39, 0.29) is 17.2 Å². The molecule has 2 heterocycles. The van der Waals surface area contributed by atoms with Crippen molar-refractivity contribution in [2.75, 3.05) is 19.6 Å². The summed E-state index contributed by atoms with van der Waals surface area (Å²) < 4.78 is 1.97. The van der Waals surface area contributed by atoms with Gasteiger partial charge in [0.25, 0.3) is 0 Å². The van der Waals surface area contributed by atoms with Gasteiger partial charge >= 0.3 is 0 Å². The Balaban J connectivity index is 1.52. The summed E-state index contributed by atoms with van der Waals surface area (Å²) in [5.41, 5.74) is 5.65. The highest BCUT2D eigenvalue weighted by Gasteiger charge is 2.19. The van der Waals surface area contributed by atoms with E-state index >= 15 is 0 Å². The molecule has 0 aliphatic carbocycles. The lowest BCUT2D eigenvalue weighted by Crippen LogP contribution is -2.30. The Morgan fingerprint density at radius 2 is 1.87 bits per heavy atom. The quantitative estimate of drug-likeness (QED) is 0.655. The maximum atomic E-state index is 12.3. The van der Waals surface area contributed by atoms with Crippen molar-refractivity contribution in [3.63, 3.8) is 0 Å². The molecular formula is C25H36N4O2. The molecule has 1 aromatic heterocycles. The number of amides is 2. The van der Waals surface area contributed by atoms with Crippen LogP contribution in [0.1, 0.15) is 69.0 Å². The average Bonchev–Trinajstić information content (AvgIpc) is 3.25. The highest BCUT2D eigenvalue weighted by atomic mass is 16.2. The van der Waals surface area contributed by atoms with Gasteiger partial charge in [0.05, 0.1) is 11.4 Å². The van der Waals surface area contributed by atoms with Crippen LogP contribution in [0.5, 0.6) is 0 Å². The molecule has 1 fully saturated rings. The molecule has 1 aliphatic rings. The smallest absolute Gasteiger partial charge is 0.222 e. The van der Waals surface area contributed by atoms with E-state index in [0.717, 1.165) is 48.6 Å². The zero-order valence-electron chi connectivity index (χ0n) is 19.6. The number of nitrogens with one attached hydrogen (secondary N) is 1. The van der Waals surface area contributed by atoms with Crippen molar-refractivity contribution >= 4 is 11.8 Å². The molecule has 31 heavy (non-hydrogen) atoms. The second-order valence-corrected chi connectivity index (χ2v) is 9.55. The third-order valence-electron chi connectivity index (χ3n) is 6.12. The third-order valence-corrected chi connectivity index (χ3v) is 6.12. The van der Waals surface area contributed by atoms with Crippen LogP contribution in [0.25, 0.3) is 5.69 Å². The number of nitrogens with zero attached hydrogens (tertiary/aromatic N) is 3. The van der Waals surface area contributed by atoms with E-state index in [0.29, 0.717) is 25.8 Å². The molecule has 0 atom stereocenters. The zero-order chi connectivity index (χ0) is 22.6. The van der Waals surface area contributed by atoms with Crippen LogP contribution in [-0.4, -0.2) is 46.1 Å². The first-order chi connectivity index (χ1) is 14.7. The van der Waals surface area contributed by atoms with E-state index in [4.69, 9.17) is 5.10 Å². The molecule has 0 radical (unpaired) electrons. The number of benzene rings is 1. The van der Waals surface area contributed by atoms with Gasteiger partial charge in [0, 0.05) is 38.2 Å². The Labute approximate surface area is 186 Å². The van der Waals surface area contributed by atoms with Gasteiger partial charge in [-0.1, -0.05) is 32.9 Å². The highest BCUT2D eigenvalue weighted by molar-refractivity contribution is 5.78. The van der Waals surface area contributed by atoms with Gasteiger partial charge in [-0.3, -0.25) is 9.59 Å². The molecule has 0 bridgehead atoms. The topological polar surface area (TPSA) is 67.2 Å². The summed E-state index contributed by atoms with van der Waals surface area (Å²) in [6, 6.07) is 8.55. The second kappa shape index (κ2) is 9.67. The maximum Gasteiger partial charge on any atom is 0.222 e. The van der Waals surface area contributed by atoms with Crippen LogP contribution < -0.4 is 5.32 Å². The van der Waals surface area contributed by atoms with Crippen LogP contribution in [0.2, 0.25) is 0 Å². The first-order valence-corrected chi connectivity index (χ1v) is 11.4. The van der Waals surface area contributed by atoms with Crippen LogP contribution in [0.4, 0.5) is 0 Å². The van der Waals surface area contributed by atoms with Gasteiger partial charge in [-0.15, -0.1) is 0 Å². The van der Waals surface area contributed by atoms with Gasteiger partial charge in [-0.25, -0.2) is 4.68 Å². The monoisotopic (exact) mass is 424 g/mol. The molecule has 1 aliphatic heterocycles. The van der Waals surface area contributed by atoms with Crippen LogP contribution >= 0.6 is 0 Å². The van der Waals surface area contributed by atoms with Gasteiger partial charge < -0.3 is 10.2 Å². The summed E-state index contributed by atoms with van der Waals surface area (Å²) in [7, 11) is 0. The highest BCUT2D eigenvalue weighted by Crippen LogP contribution is 2.25. The number of aromatic nitrogens is 2. The number of likely N-dealkylation sites (tertiary alicyclic amines) is 1. The van der Waals surface area contributed by atoms with Crippen LogP contribution in [0.15, 0.2) is 24.3 Å². The number of hydrogen-bond acceptors (Lipinski definition) is 3. The van der Waals surface area contributed by atoms with Crippen molar-refractivity contribution < 1.29 is 9.59 Å². The van der Waals surface area contributed by atoms with Crippen LogP contribution in [-0.2, 0) is 21.4 Å². The van der Waals surface area contributed by atoms with Crippen molar-refractivity contribution in [2.24, 2.45) is 0 Å². The second-order valence-electron chi connectivity index (χ2n) is 9.55. The van der Waals surface area contributed by atoms with Crippen molar-refractivity contribution in [1.82, 2.24) is 20.0 Å². The molecule has 168 valence electrons. The van der Waals surface area contributed by atoms with Gasteiger partial charge in [0.15, 0.2) is 0 Å². The molecule has 0 unspecified atom stereocenters. The summed E-state index contributed by atoms with van der Waals surface area (Å²) in [4.78, 5) is 25.8. The van der Waals surface area contributed by atoms with E-state index in [1.165, 1.54) is 5.56 Å². The predicted octanol–water partition coefficient (Wildman–Crippen LogP) is 3.85. The Hall–Kier alpha value is -2.63. The van der Waals surface area contributed by atoms with Gasteiger partial charge in [-0.2, -0.15) is 5.10 Å². The average molecular weight is 425 g/mol. The first kappa shape index (κ1) is 23.0. The molecule has 6 heteroatoms. The SMILES string of the molecule is Cc1nn(-c2ccc(C(C)(C)C)cc2)c(C)c1CCC(=O)NCCCN1CCCC1=O. The molecule has 0 saturated carbocycles. The fourth-order valence-corrected chi connectivity index (χ4v) is 4.16. The molecule has 1 saturated heterocycles. The molecule has 2 amide bonds. The summed E-state index contributed by atoms with van der Waals surface area (Å²) >= 11 is 0. The van der Waals surface area contributed by atoms with E-state index in [1.54, 1.807) is 0 Å². The van der Waals surface area contributed by atoms with E-state index in [9.17, 15) is 9.59 Å². The number of hydrogen-bond donors (Lipinski definition) is 1. The van der Waals surface area contributed by atoms with Crippen molar-refractivity contribution in [3.8, 4) is 5.69 Å². The van der Waals surface area contributed by atoms with E-state index in [2.05, 4.69) is 57.3 Å². The number of carbonyl (C=O) groups is 2. The fraction of sp³-hybridized carbons (Fsp3) is 0.560. The first-order valence-electron chi connectivity index (χ1n) is 11.4. The lowest BCUT2D eigenvalue weighted by molar-refractivity contribution is -0.127. The largest absolute Gasteiger partial charge is 0.356 e. The van der Waals surface area contributed by atoms with E-state index < -0.39 is 0 Å². The van der Waals surface area contributed by atoms with Crippen molar-refractivity contribution in [3.05, 3.63) is 46.8 Å². The molecule has 3 rings (SSSR count). The zero-order valence-corrected chi connectivity index (χ0v) is 19.6. The normalized spacial score (nSPS) is 14.4. The minimum Gasteiger partial charge on any atom is -0.356 e. The Morgan fingerprint density at radius 1 is 1.16 bits per heavy atom. The predicted molar refractivity (Wildman–Crippen MR) is 123 cm³/mol. The van der Waals surface area contributed by atoms with Crippen molar-refractivity contribution in [1.29, 1.82) is 0 Å². The van der Waals surface area contributed by atoms with Crippen LogP contribution in [0.3, 0.4) is 0 Å². The summed E-state index contributed by atoms with van der Waals surface area (Å²) in [5, 5.41) is 7.71. The van der Waals surface area contributed by atoms with Gasteiger partial charge in [0.2, 0.25) is 11.8 Å². The molecule has 0 spiro atoms. The summed E-state index contributed by atoms with van der Waals surface area (Å²) in [6.45, 7) is 12.9. The Kier molecular flexibility index (Phi) is 7.19. The minimum absolute atomic E-state index is 0.0498. The molecule has 6 nitrogen and oxygen atoms in total. The van der Waals surface area contributed by atoms with Gasteiger partial charge in [-0.05, 0) is 61.8 Å². The van der Waals surface area contributed by atoms with E-state index in [1.807, 2.05) is 16.5 Å². The number of rotatable bonds is 8. The third kappa shape index (κ3) is 5.75. The van der Waals surface area contributed by atoms with Crippen molar-refractivity contribution in [2.45, 2.75) is 72.1 Å².